The van der Waals surface area contributed by atoms with Gasteiger partial charge in [0.1, 0.15) is 54.0 Å². The number of fused-ring (bicyclic) bond motifs is 6. The number of nitrogens with one attached hydrogen (secondary N) is 5. The highest BCUT2D eigenvalue weighted by Crippen LogP contribution is 2.46. The SMILES string of the molecule is CC1C(=O)NN=C2COc3cc(-c4ccccc4F)c(NC4(C)CCN(C(=O)OC(C)(C)C)C4)cc3N21.CC1C(=O)NN=C2COc3cc(-c4ccccc4F)c(NC4(C)CCNC4)cc3N21.Cl. The molecular weight excluding hydrogens is 898 g/mol. The van der Waals surface area contributed by atoms with Crippen molar-refractivity contribution in [2.75, 3.05) is 59.8 Å². The number of benzene rings is 4. The molecule has 6 aliphatic rings. The van der Waals surface area contributed by atoms with Gasteiger partial charge in [0.25, 0.3) is 11.8 Å². The fourth-order valence-electron chi connectivity index (χ4n) is 9.27. The molecule has 0 radical (unpaired) electrons. The molecular formula is C49H57ClF2N10O6. The molecule has 4 aromatic rings. The number of nitrogens with zero attached hydrogens (tertiary/aromatic N) is 5. The van der Waals surface area contributed by atoms with Crippen LogP contribution in [0.1, 0.15) is 61.3 Å². The van der Waals surface area contributed by atoms with Crippen LogP contribution in [0.15, 0.2) is 83.0 Å². The van der Waals surface area contributed by atoms with E-state index < -0.39 is 23.2 Å². The van der Waals surface area contributed by atoms with Gasteiger partial charge in [0.2, 0.25) is 0 Å². The molecule has 10 rings (SSSR count). The molecule has 2 saturated heterocycles. The third kappa shape index (κ3) is 9.43. The van der Waals surface area contributed by atoms with Crippen molar-refractivity contribution in [3.05, 3.63) is 84.4 Å². The highest BCUT2D eigenvalue weighted by Gasteiger charge is 2.41. The third-order valence-electron chi connectivity index (χ3n) is 12.8. The number of hydrogen-bond donors (Lipinski definition) is 5. The van der Waals surface area contributed by atoms with Crippen molar-refractivity contribution >= 4 is 64.7 Å². The van der Waals surface area contributed by atoms with E-state index in [4.69, 9.17) is 14.2 Å². The van der Waals surface area contributed by atoms with E-state index in [0.29, 0.717) is 70.7 Å². The number of hydrogen-bond acceptors (Lipinski definition) is 13. The van der Waals surface area contributed by atoms with Crippen LogP contribution in [0, 0.1) is 11.6 Å². The Balaban J connectivity index is 0.000000185. The van der Waals surface area contributed by atoms with Crippen LogP contribution >= 0.6 is 12.4 Å². The molecule has 16 nitrogen and oxygen atoms in total. The highest BCUT2D eigenvalue weighted by atomic mass is 35.5. The second kappa shape index (κ2) is 18.4. The van der Waals surface area contributed by atoms with Crippen molar-refractivity contribution in [1.82, 2.24) is 21.1 Å². The summed E-state index contributed by atoms with van der Waals surface area (Å²) in [7, 11) is 0. The van der Waals surface area contributed by atoms with E-state index in [-0.39, 0.29) is 60.7 Å². The zero-order valence-electron chi connectivity index (χ0n) is 39.1. The van der Waals surface area contributed by atoms with E-state index >= 15 is 0 Å². The van der Waals surface area contributed by atoms with Gasteiger partial charge in [-0.3, -0.25) is 9.59 Å². The minimum atomic E-state index is -0.587. The number of anilines is 4. The molecule has 3 amide bonds. The van der Waals surface area contributed by atoms with Crippen molar-refractivity contribution in [1.29, 1.82) is 0 Å². The van der Waals surface area contributed by atoms with Gasteiger partial charge in [-0.05, 0) is 104 Å². The molecule has 360 valence electrons. The number of carbonyl (C=O) groups excluding carboxylic acids is 3. The Labute approximate surface area is 400 Å². The average molecular weight is 956 g/mol. The predicted octanol–water partition coefficient (Wildman–Crippen LogP) is 7.44. The molecule has 68 heavy (non-hydrogen) atoms. The summed E-state index contributed by atoms with van der Waals surface area (Å²) in [6.07, 6.45) is 1.26. The number of amidine groups is 2. The van der Waals surface area contributed by atoms with Crippen LogP contribution < -0.4 is 46.1 Å². The summed E-state index contributed by atoms with van der Waals surface area (Å²) < 4.78 is 47.2. The predicted molar refractivity (Wildman–Crippen MR) is 261 cm³/mol. The minimum absolute atomic E-state index is 0. The Morgan fingerprint density at radius 2 is 1.24 bits per heavy atom. The Hall–Kier alpha value is -6.66. The van der Waals surface area contributed by atoms with E-state index in [1.165, 1.54) is 12.1 Å². The lowest BCUT2D eigenvalue weighted by molar-refractivity contribution is -0.123. The topological polar surface area (TPSA) is 173 Å². The Morgan fingerprint density at radius 1 is 0.750 bits per heavy atom. The van der Waals surface area contributed by atoms with Crippen molar-refractivity contribution in [2.45, 2.75) is 90.1 Å². The number of rotatable bonds is 6. The van der Waals surface area contributed by atoms with Gasteiger partial charge < -0.3 is 44.9 Å². The molecule has 6 heterocycles. The van der Waals surface area contributed by atoms with Gasteiger partial charge in [-0.15, -0.1) is 12.4 Å². The molecule has 5 N–H and O–H groups in total. The van der Waals surface area contributed by atoms with Gasteiger partial charge in [-0.25, -0.2) is 24.4 Å². The third-order valence-corrected chi connectivity index (χ3v) is 12.8. The fourth-order valence-corrected chi connectivity index (χ4v) is 9.27. The number of hydrazone groups is 2. The zero-order chi connectivity index (χ0) is 47.4. The van der Waals surface area contributed by atoms with Crippen LogP contribution in [-0.4, -0.2) is 103 Å². The van der Waals surface area contributed by atoms with Crippen LogP contribution in [0.25, 0.3) is 22.3 Å². The first-order chi connectivity index (χ1) is 31.9. The Kier molecular flexibility index (Phi) is 13.0. The summed E-state index contributed by atoms with van der Waals surface area (Å²) in [5, 5.41) is 18.9. The van der Waals surface area contributed by atoms with Gasteiger partial charge in [0.15, 0.2) is 11.7 Å². The number of likely N-dealkylation sites (tertiary alicyclic amines) is 1. The monoisotopic (exact) mass is 954 g/mol. The number of carbonyl (C=O) groups is 3. The van der Waals surface area contributed by atoms with Gasteiger partial charge in [-0.1, -0.05) is 36.4 Å². The average Bonchev–Trinajstić information content (AvgIpc) is 3.90. The molecule has 0 saturated carbocycles. The summed E-state index contributed by atoms with van der Waals surface area (Å²) in [6.45, 7) is 16.4. The zero-order valence-corrected chi connectivity index (χ0v) is 39.9. The van der Waals surface area contributed by atoms with Crippen molar-refractivity contribution in [3.8, 4) is 33.8 Å². The molecule has 0 spiro atoms. The standard InChI is InChI=1S/C27H32FN5O4.C22H24FN5O2.ClH/c1-16-24(34)31-30-23-14-36-22-12-18(17-8-6-7-9-19(17)28)20(13-21(22)33(16)23)29-27(5)10-11-32(15-27)25(35)37-26(2,3)4;1-13-21(29)27-26-20-11-30-19-9-15(14-5-3-4-6-16(14)23)17(10-18(19)28(13)20)25-22(2)7-8-24-12-22;/h6-9,12-13,16,29H,10-11,14-15H2,1-5H3,(H,31,34);3-6,9-10,13,24-25H,7-8,11-12H2,1-2H3,(H,27,29);1H. The van der Waals surface area contributed by atoms with E-state index in [9.17, 15) is 23.2 Å². The van der Waals surface area contributed by atoms with Crippen molar-refractivity contribution < 1.29 is 37.4 Å². The summed E-state index contributed by atoms with van der Waals surface area (Å²) in [4.78, 5) is 42.7. The maximum Gasteiger partial charge on any atom is 0.410 e. The second-order valence-corrected chi connectivity index (χ2v) is 19.3. The summed E-state index contributed by atoms with van der Waals surface area (Å²) >= 11 is 0. The lowest BCUT2D eigenvalue weighted by atomic mass is 9.96. The molecule has 4 unspecified atom stereocenters. The number of amides is 3. The summed E-state index contributed by atoms with van der Waals surface area (Å²) in [5.74, 6) is 1.33. The lowest BCUT2D eigenvalue weighted by Crippen LogP contribution is -2.55. The van der Waals surface area contributed by atoms with Gasteiger partial charge in [0.05, 0.1) is 16.9 Å². The van der Waals surface area contributed by atoms with Crippen LogP contribution in [0.3, 0.4) is 0 Å². The van der Waals surface area contributed by atoms with Crippen LogP contribution in [-0.2, 0) is 14.3 Å². The van der Waals surface area contributed by atoms with E-state index in [1.54, 1.807) is 48.2 Å². The molecule has 4 atom stereocenters. The molecule has 0 aliphatic carbocycles. The molecule has 4 aromatic carbocycles. The number of halogens is 3. The molecule has 0 aromatic heterocycles. The highest BCUT2D eigenvalue weighted by molar-refractivity contribution is 6.11. The maximum atomic E-state index is 15.0. The van der Waals surface area contributed by atoms with Gasteiger partial charge in [-0.2, -0.15) is 10.2 Å². The van der Waals surface area contributed by atoms with Gasteiger partial charge in [0, 0.05) is 58.8 Å². The van der Waals surface area contributed by atoms with Crippen molar-refractivity contribution in [2.24, 2.45) is 10.2 Å². The first-order valence-corrected chi connectivity index (χ1v) is 22.6. The fraction of sp³-hybridized carbons (Fsp3) is 0.408. The molecule has 2 fully saturated rings. The molecule has 0 bridgehead atoms. The normalized spacial score (nSPS) is 23.5. The molecule has 6 aliphatic heterocycles. The Morgan fingerprint density at radius 3 is 1.69 bits per heavy atom. The van der Waals surface area contributed by atoms with Crippen LogP contribution in [0.5, 0.6) is 11.5 Å². The largest absolute Gasteiger partial charge is 0.483 e. The van der Waals surface area contributed by atoms with E-state index in [0.717, 1.165) is 36.4 Å². The minimum Gasteiger partial charge on any atom is -0.483 e. The lowest BCUT2D eigenvalue weighted by Gasteiger charge is -2.39. The smallest absolute Gasteiger partial charge is 0.410 e. The Bertz CT molecular complexity index is 2710. The van der Waals surface area contributed by atoms with Crippen LogP contribution in [0.4, 0.5) is 36.3 Å². The summed E-state index contributed by atoms with van der Waals surface area (Å²) in [6, 6.07) is 19.9. The maximum absolute atomic E-state index is 15.0. The first kappa shape index (κ1) is 47.8. The molecule has 19 heteroatoms. The van der Waals surface area contributed by atoms with Crippen LogP contribution in [0.2, 0.25) is 0 Å². The number of ether oxygens (including phenoxy) is 3. The van der Waals surface area contributed by atoms with Crippen molar-refractivity contribution in [3.63, 3.8) is 0 Å². The quantitative estimate of drug-likeness (QED) is 0.130. The second-order valence-electron chi connectivity index (χ2n) is 19.3. The summed E-state index contributed by atoms with van der Waals surface area (Å²) in [5.41, 5.74) is 8.99. The van der Waals surface area contributed by atoms with E-state index in [1.807, 2.05) is 68.7 Å². The van der Waals surface area contributed by atoms with Gasteiger partial charge >= 0.3 is 6.09 Å². The first-order valence-electron chi connectivity index (χ1n) is 22.6. The van der Waals surface area contributed by atoms with E-state index in [2.05, 4.69) is 43.9 Å².